The highest BCUT2D eigenvalue weighted by Crippen LogP contribution is 2.28. The topological polar surface area (TPSA) is 12.0 Å². The molecule has 1 fully saturated rings. The third-order valence-electron chi connectivity index (χ3n) is 3.11. The van der Waals surface area contributed by atoms with Crippen LogP contribution in [-0.2, 0) is 0 Å². The Morgan fingerprint density at radius 2 is 2.14 bits per heavy atom. The molecule has 0 aromatic carbocycles. The van der Waals surface area contributed by atoms with Crippen LogP contribution in [0.5, 0.6) is 0 Å². The van der Waals surface area contributed by atoms with Crippen LogP contribution in [0.15, 0.2) is 10.6 Å². The SMILES string of the molecule is CC1CCCCC1CNCC(Cl)=CCl. The molecule has 14 heavy (non-hydrogen) atoms. The Labute approximate surface area is 96.8 Å². The van der Waals surface area contributed by atoms with Crippen molar-refractivity contribution >= 4 is 23.2 Å². The smallest absolute Gasteiger partial charge is 0.0431 e. The Morgan fingerprint density at radius 1 is 1.43 bits per heavy atom. The molecule has 2 atom stereocenters. The van der Waals surface area contributed by atoms with Gasteiger partial charge in [0, 0.05) is 17.1 Å². The molecule has 1 aliphatic carbocycles. The minimum absolute atomic E-state index is 0.690. The van der Waals surface area contributed by atoms with Gasteiger partial charge in [-0.3, -0.25) is 0 Å². The quantitative estimate of drug-likeness (QED) is 0.784. The lowest BCUT2D eigenvalue weighted by Gasteiger charge is -2.28. The van der Waals surface area contributed by atoms with Gasteiger partial charge in [0.05, 0.1) is 0 Å². The molecule has 1 N–H and O–H groups in total. The Kier molecular flexibility index (Phi) is 5.92. The number of nitrogens with one attached hydrogen (secondary N) is 1. The van der Waals surface area contributed by atoms with Gasteiger partial charge in [0.25, 0.3) is 0 Å². The van der Waals surface area contributed by atoms with Crippen molar-refractivity contribution in [1.82, 2.24) is 5.32 Å². The average molecular weight is 236 g/mol. The van der Waals surface area contributed by atoms with Gasteiger partial charge in [-0.1, -0.05) is 49.4 Å². The Balaban J connectivity index is 2.16. The Hall–Kier alpha value is 0.280. The van der Waals surface area contributed by atoms with Crippen LogP contribution in [-0.4, -0.2) is 13.1 Å². The number of hydrogen-bond donors (Lipinski definition) is 1. The van der Waals surface area contributed by atoms with Crippen LogP contribution in [0.3, 0.4) is 0 Å². The van der Waals surface area contributed by atoms with Crippen LogP contribution in [0.1, 0.15) is 32.6 Å². The van der Waals surface area contributed by atoms with E-state index in [1.807, 2.05) is 0 Å². The minimum Gasteiger partial charge on any atom is -0.311 e. The molecule has 0 aliphatic heterocycles. The first kappa shape index (κ1) is 12.4. The lowest BCUT2D eigenvalue weighted by molar-refractivity contribution is 0.250. The molecule has 0 aromatic rings. The second-order valence-electron chi connectivity index (χ2n) is 4.21. The van der Waals surface area contributed by atoms with Crippen molar-refractivity contribution in [2.45, 2.75) is 32.6 Å². The van der Waals surface area contributed by atoms with E-state index in [1.54, 1.807) is 0 Å². The molecule has 1 rings (SSSR count). The maximum atomic E-state index is 5.79. The summed E-state index contributed by atoms with van der Waals surface area (Å²) in [5.41, 5.74) is 1.43. The third kappa shape index (κ3) is 4.20. The highest BCUT2D eigenvalue weighted by molar-refractivity contribution is 6.36. The van der Waals surface area contributed by atoms with Crippen LogP contribution in [0.2, 0.25) is 0 Å². The first-order valence-electron chi connectivity index (χ1n) is 5.39. The van der Waals surface area contributed by atoms with E-state index in [0.717, 1.165) is 18.4 Å². The van der Waals surface area contributed by atoms with Gasteiger partial charge in [0.2, 0.25) is 0 Å². The van der Waals surface area contributed by atoms with E-state index in [9.17, 15) is 0 Å². The molecule has 3 heteroatoms. The molecule has 2 unspecified atom stereocenters. The summed E-state index contributed by atoms with van der Waals surface area (Å²) in [6, 6.07) is 0. The maximum absolute atomic E-state index is 5.79. The first-order chi connectivity index (χ1) is 6.74. The zero-order valence-corrected chi connectivity index (χ0v) is 10.2. The fourth-order valence-corrected chi connectivity index (χ4v) is 2.28. The van der Waals surface area contributed by atoms with Gasteiger partial charge in [-0.05, 0) is 24.8 Å². The first-order valence-corrected chi connectivity index (χ1v) is 6.21. The molecule has 0 bridgehead atoms. The van der Waals surface area contributed by atoms with Gasteiger partial charge in [-0.25, -0.2) is 0 Å². The lowest BCUT2D eigenvalue weighted by Crippen LogP contribution is -2.30. The van der Waals surface area contributed by atoms with Gasteiger partial charge in [0.15, 0.2) is 0 Å². The van der Waals surface area contributed by atoms with Crippen LogP contribution >= 0.6 is 23.2 Å². The Morgan fingerprint density at radius 3 is 2.79 bits per heavy atom. The minimum atomic E-state index is 0.690. The van der Waals surface area contributed by atoms with Gasteiger partial charge in [-0.15, -0.1) is 0 Å². The van der Waals surface area contributed by atoms with E-state index >= 15 is 0 Å². The molecule has 0 spiro atoms. The molecular weight excluding hydrogens is 217 g/mol. The standard InChI is InChI=1S/C11H19Cl2N/c1-9-4-2-3-5-10(9)7-14-8-11(13)6-12/h6,9-10,14H,2-5,7-8H2,1H3. The largest absolute Gasteiger partial charge is 0.311 e. The van der Waals surface area contributed by atoms with Gasteiger partial charge < -0.3 is 5.32 Å². The van der Waals surface area contributed by atoms with Crippen molar-refractivity contribution in [3.8, 4) is 0 Å². The van der Waals surface area contributed by atoms with Crippen LogP contribution in [0, 0.1) is 11.8 Å². The van der Waals surface area contributed by atoms with E-state index in [1.165, 1.54) is 31.2 Å². The highest BCUT2D eigenvalue weighted by Gasteiger charge is 2.20. The van der Waals surface area contributed by atoms with Gasteiger partial charge in [0.1, 0.15) is 0 Å². The average Bonchev–Trinajstić information content (AvgIpc) is 2.20. The fourth-order valence-electron chi connectivity index (χ4n) is 2.11. The molecule has 1 aliphatic rings. The molecule has 1 nitrogen and oxygen atoms in total. The second-order valence-corrected chi connectivity index (χ2v) is 4.91. The van der Waals surface area contributed by atoms with Crippen molar-refractivity contribution in [1.29, 1.82) is 0 Å². The molecule has 0 aromatic heterocycles. The second kappa shape index (κ2) is 6.71. The van der Waals surface area contributed by atoms with Crippen LogP contribution in [0.25, 0.3) is 0 Å². The van der Waals surface area contributed by atoms with Crippen molar-refractivity contribution in [2.75, 3.05) is 13.1 Å². The third-order valence-corrected chi connectivity index (χ3v) is 3.73. The molecule has 0 amide bonds. The number of halogens is 2. The summed E-state index contributed by atoms with van der Waals surface area (Å²) in [4.78, 5) is 0. The predicted octanol–water partition coefficient (Wildman–Crippen LogP) is 3.72. The van der Waals surface area contributed by atoms with Crippen molar-refractivity contribution in [3.05, 3.63) is 10.6 Å². The normalized spacial score (nSPS) is 29.2. The van der Waals surface area contributed by atoms with Crippen molar-refractivity contribution < 1.29 is 0 Å². The van der Waals surface area contributed by atoms with Crippen molar-refractivity contribution in [2.24, 2.45) is 11.8 Å². The van der Waals surface area contributed by atoms with Crippen LogP contribution in [0.4, 0.5) is 0 Å². The molecule has 0 saturated heterocycles. The predicted molar refractivity (Wildman–Crippen MR) is 63.8 cm³/mol. The van der Waals surface area contributed by atoms with Crippen molar-refractivity contribution in [3.63, 3.8) is 0 Å². The summed E-state index contributed by atoms with van der Waals surface area (Å²) in [6.07, 6.45) is 5.53. The molecule has 0 radical (unpaired) electrons. The monoisotopic (exact) mass is 235 g/mol. The van der Waals surface area contributed by atoms with E-state index in [4.69, 9.17) is 23.2 Å². The lowest BCUT2D eigenvalue weighted by atomic mass is 9.80. The number of rotatable bonds is 4. The molecular formula is C11H19Cl2N. The molecule has 82 valence electrons. The van der Waals surface area contributed by atoms with Gasteiger partial charge >= 0.3 is 0 Å². The fraction of sp³-hybridized carbons (Fsp3) is 0.818. The zero-order chi connectivity index (χ0) is 10.4. The maximum Gasteiger partial charge on any atom is 0.0431 e. The zero-order valence-electron chi connectivity index (χ0n) is 8.73. The van der Waals surface area contributed by atoms with E-state index < -0.39 is 0 Å². The highest BCUT2D eigenvalue weighted by atomic mass is 35.5. The summed E-state index contributed by atoms with van der Waals surface area (Å²) in [7, 11) is 0. The van der Waals surface area contributed by atoms with E-state index in [0.29, 0.717) is 11.6 Å². The summed E-state index contributed by atoms with van der Waals surface area (Å²) in [6.45, 7) is 4.13. The summed E-state index contributed by atoms with van der Waals surface area (Å²) >= 11 is 11.3. The summed E-state index contributed by atoms with van der Waals surface area (Å²) in [5.74, 6) is 1.68. The van der Waals surface area contributed by atoms with E-state index in [-0.39, 0.29) is 0 Å². The molecule has 0 heterocycles. The van der Waals surface area contributed by atoms with E-state index in [2.05, 4.69) is 12.2 Å². The number of hydrogen-bond acceptors (Lipinski definition) is 1. The van der Waals surface area contributed by atoms with Gasteiger partial charge in [-0.2, -0.15) is 0 Å². The van der Waals surface area contributed by atoms with Crippen LogP contribution < -0.4 is 5.32 Å². The molecule has 1 saturated carbocycles. The summed E-state index contributed by atoms with van der Waals surface area (Å²) in [5, 5.41) is 4.04. The Bertz CT molecular complexity index is 192. The summed E-state index contributed by atoms with van der Waals surface area (Å²) < 4.78 is 0.